The second kappa shape index (κ2) is 5.08. The molecule has 0 bridgehead atoms. The highest BCUT2D eigenvalue weighted by atomic mass is 32.2. The number of rotatable bonds is 4. The van der Waals surface area contributed by atoms with Gasteiger partial charge in [0.1, 0.15) is 0 Å². The van der Waals surface area contributed by atoms with Crippen molar-refractivity contribution in [3.8, 4) is 0 Å². The van der Waals surface area contributed by atoms with Gasteiger partial charge in [-0.1, -0.05) is 43.3 Å². The lowest BCUT2D eigenvalue weighted by molar-refractivity contribution is 0.590. The Labute approximate surface area is 108 Å². The zero-order valence-corrected chi connectivity index (χ0v) is 11.2. The fourth-order valence-electron chi connectivity index (χ4n) is 1.93. The number of sulfone groups is 1. The van der Waals surface area contributed by atoms with E-state index < -0.39 is 15.9 Å². The van der Waals surface area contributed by atoms with Crippen molar-refractivity contribution in [1.82, 2.24) is 0 Å². The van der Waals surface area contributed by atoms with E-state index in [9.17, 15) is 8.42 Å². The van der Waals surface area contributed by atoms with E-state index in [1.54, 1.807) is 6.92 Å². The molecule has 0 spiro atoms. The van der Waals surface area contributed by atoms with Crippen LogP contribution in [0.4, 0.5) is 0 Å². The van der Waals surface area contributed by atoms with Crippen molar-refractivity contribution in [3.05, 3.63) is 48.0 Å². The summed E-state index contributed by atoms with van der Waals surface area (Å²) in [6.07, 6.45) is 0. The molecule has 0 fully saturated rings. The first kappa shape index (κ1) is 13.1. The molecule has 3 nitrogen and oxygen atoms in total. The van der Waals surface area contributed by atoms with E-state index in [1.807, 2.05) is 42.5 Å². The maximum atomic E-state index is 11.6. The number of hydrogen-bond donors (Lipinski definition) is 1. The van der Waals surface area contributed by atoms with Crippen molar-refractivity contribution >= 4 is 20.6 Å². The minimum absolute atomic E-state index is 0.00183. The van der Waals surface area contributed by atoms with Gasteiger partial charge in [-0.2, -0.15) is 0 Å². The molecular weight excluding hydrogens is 246 g/mol. The standard InChI is InChI=1S/C14H17NO2S/c1-2-18(16,17)10-14(15)13-8-7-11-5-3-4-6-12(11)9-13/h3-9,14H,2,10,15H2,1H3. The SMILES string of the molecule is CCS(=O)(=O)CC(N)c1ccc2ccccc2c1. The van der Waals surface area contributed by atoms with E-state index in [4.69, 9.17) is 5.73 Å². The molecule has 0 aliphatic rings. The van der Waals surface area contributed by atoms with Crippen LogP contribution in [0.2, 0.25) is 0 Å². The zero-order valence-electron chi connectivity index (χ0n) is 10.3. The number of fused-ring (bicyclic) bond motifs is 1. The highest BCUT2D eigenvalue weighted by molar-refractivity contribution is 7.91. The molecule has 0 aliphatic heterocycles. The van der Waals surface area contributed by atoms with E-state index in [1.165, 1.54) is 0 Å². The van der Waals surface area contributed by atoms with Crippen molar-refractivity contribution < 1.29 is 8.42 Å². The van der Waals surface area contributed by atoms with Crippen LogP contribution in [-0.4, -0.2) is 19.9 Å². The van der Waals surface area contributed by atoms with Crippen molar-refractivity contribution in [2.24, 2.45) is 5.73 Å². The lowest BCUT2D eigenvalue weighted by Crippen LogP contribution is -2.22. The van der Waals surface area contributed by atoms with Gasteiger partial charge < -0.3 is 5.73 Å². The average molecular weight is 263 g/mol. The van der Waals surface area contributed by atoms with Crippen LogP contribution < -0.4 is 5.73 Å². The number of benzene rings is 2. The number of nitrogens with two attached hydrogens (primary N) is 1. The average Bonchev–Trinajstić information content (AvgIpc) is 2.37. The van der Waals surface area contributed by atoms with Crippen LogP contribution in [0.1, 0.15) is 18.5 Å². The van der Waals surface area contributed by atoms with Gasteiger partial charge in [-0.3, -0.25) is 0 Å². The summed E-state index contributed by atoms with van der Waals surface area (Å²) in [6, 6.07) is 13.3. The molecule has 0 heterocycles. The van der Waals surface area contributed by atoms with Crippen LogP contribution in [0, 0.1) is 0 Å². The Morgan fingerprint density at radius 3 is 2.44 bits per heavy atom. The van der Waals surface area contributed by atoms with E-state index in [2.05, 4.69) is 0 Å². The van der Waals surface area contributed by atoms with Crippen LogP contribution in [0.15, 0.2) is 42.5 Å². The first-order valence-corrected chi connectivity index (χ1v) is 7.78. The molecule has 2 aromatic rings. The summed E-state index contributed by atoms with van der Waals surface area (Å²) in [6.45, 7) is 1.64. The summed E-state index contributed by atoms with van der Waals surface area (Å²) < 4.78 is 23.1. The minimum Gasteiger partial charge on any atom is -0.323 e. The lowest BCUT2D eigenvalue weighted by atomic mass is 10.0. The van der Waals surface area contributed by atoms with Crippen molar-refractivity contribution in [3.63, 3.8) is 0 Å². The molecule has 1 atom stereocenters. The van der Waals surface area contributed by atoms with Crippen LogP contribution in [0.25, 0.3) is 10.8 Å². The molecule has 96 valence electrons. The van der Waals surface area contributed by atoms with Gasteiger partial charge in [-0.15, -0.1) is 0 Å². The summed E-state index contributed by atoms with van der Waals surface area (Å²) in [7, 11) is -3.05. The van der Waals surface area contributed by atoms with E-state index >= 15 is 0 Å². The van der Waals surface area contributed by atoms with E-state index in [-0.39, 0.29) is 11.5 Å². The molecule has 0 saturated carbocycles. The molecule has 2 N–H and O–H groups in total. The second-order valence-electron chi connectivity index (χ2n) is 4.41. The van der Waals surface area contributed by atoms with Gasteiger partial charge in [-0.05, 0) is 22.4 Å². The first-order valence-electron chi connectivity index (χ1n) is 5.96. The molecule has 0 aliphatic carbocycles. The van der Waals surface area contributed by atoms with Gasteiger partial charge in [0.15, 0.2) is 9.84 Å². The fourth-order valence-corrected chi connectivity index (χ4v) is 2.90. The molecule has 0 aromatic heterocycles. The Balaban J connectivity index is 2.31. The van der Waals surface area contributed by atoms with Gasteiger partial charge in [0.05, 0.1) is 5.75 Å². The van der Waals surface area contributed by atoms with E-state index in [0.29, 0.717) is 0 Å². The molecule has 18 heavy (non-hydrogen) atoms. The summed E-state index contributed by atoms with van der Waals surface area (Å²) in [4.78, 5) is 0. The summed E-state index contributed by atoms with van der Waals surface area (Å²) >= 11 is 0. The fraction of sp³-hybridized carbons (Fsp3) is 0.286. The van der Waals surface area contributed by atoms with Crippen molar-refractivity contribution in [1.29, 1.82) is 0 Å². The first-order chi connectivity index (χ1) is 8.52. The van der Waals surface area contributed by atoms with Crippen LogP contribution in [-0.2, 0) is 9.84 Å². The summed E-state index contributed by atoms with van der Waals surface area (Å²) in [5.41, 5.74) is 6.83. The third-order valence-electron chi connectivity index (χ3n) is 3.07. The third-order valence-corrected chi connectivity index (χ3v) is 4.82. The molecule has 0 saturated heterocycles. The topological polar surface area (TPSA) is 60.2 Å². The minimum atomic E-state index is -3.05. The van der Waals surface area contributed by atoms with Crippen molar-refractivity contribution in [2.75, 3.05) is 11.5 Å². The van der Waals surface area contributed by atoms with Crippen LogP contribution in [0.3, 0.4) is 0 Å². The van der Waals surface area contributed by atoms with Gasteiger partial charge in [0, 0.05) is 11.8 Å². The van der Waals surface area contributed by atoms with Gasteiger partial charge in [0.2, 0.25) is 0 Å². The van der Waals surface area contributed by atoms with Crippen molar-refractivity contribution in [2.45, 2.75) is 13.0 Å². The van der Waals surface area contributed by atoms with Gasteiger partial charge in [-0.25, -0.2) is 8.42 Å². The maximum absolute atomic E-state index is 11.6. The summed E-state index contributed by atoms with van der Waals surface area (Å²) in [5, 5.41) is 2.21. The van der Waals surface area contributed by atoms with E-state index in [0.717, 1.165) is 16.3 Å². The lowest BCUT2D eigenvalue weighted by Gasteiger charge is -2.12. The maximum Gasteiger partial charge on any atom is 0.151 e. The second-order valence-corrected chi connectivity index (χ2v) is 6.81. The normalized spacial score (nSPS) is 13.7. The zero-order chi connectivity index (χ0) is 13.2. The molecule has 0 radical (unpaired) electrons. The quantitative estimate of drug-likeness (QED) is 0.920. The van der Waals surface area contributed by atoms with Gasteiger partial charge >= 0.3 is 0 Å². The Kier molecular flexibility index (Phi) is 3.68. The summed E-state index contributed by atoms with van der Waals surface area (Å²) in [5.74, 6) is 0.135. The molecule has 1 unspecified atom stereocenters. The predicted octanol–water partition coefficient (Wildman–Crippen LogP) is 2.27. The monoisotopic (exact) mass is 263 g/mol. The number of hydrogen-bond acceptors (Lipinski definition) is 3. The Morgan fingerprint density at radius 2 is 1.78 bits per heavy atom. The highest BCUT2D eigenvalue weighted by Crippen LogP contribution is 2.20. The Morgan fingerprint density at radius 1 is 1.11 bits per heavy atom. The molecular formula is C14H17NO2S. The van der Waals surface area contributed by atoms with Crippen LogP contribution in [0.5, 0.6) is 0 Å². The smallest absolute Gasteiger partial charge is 0.151 e. The molecule has 4 heteroatoms. The largest absolute Gasteiger partial charge is 0.323 e. The Hall–Kier alpha value is -1.39. The molecule has 0 amide bonds. The molecule has 2 aromatic carbocycles. The van der Waals surface area contributed by atoms with Crippen LogP contribution >= 0.6 is 0 Å². The molecule has 2 rings (SSSR count). The predicted molar refractivity (Wildman–Crippen MR) is 75.2 cm³/mol. The highest BCUT2D eigenvalue weighted by Gasteiger charge is 2.15. The van der Waals surface area contributed by atoms with Gasteiger partial charge in [0.25, 0.3) is 0 Å². The Bertz CT molecular complexity index is 650. The third kappa shape index (κ3) is 2.89.